The van der Waals surface area contributed by atoms with E-state index in [9.17, 15) is 36.3 Å². The fourth-order valence-corrected chi connectivity index (χ4v) is 7.64. The maximum absolute atomic E-state index is 14.0. The number of hydrogen-bond acceptors (Lipinski definition) is 8. The van der Waals surface area contributed by atoms with E-state index >= 15 is 0 Å². The fourth-order valence-electron chi connectivity index (χ4n) is 6.27. The van der Waals surface area contributed by atoms with Crippen LogP contribution in [0.25, 0.3) is 0 Å². The normalized spacial score (nSPS) is 24.5. The number of nitrogens with zero attached hydrogens (tertiary/aromatic N) is 2. The number of alkyl halides is 3. The fraction of sp³-hybridized carbons (Fsp3) is 0.556. The topological polar surface area (TPSA) is 135 Å². The van der Waals surface area contributed by atoms with Crippen LogP contribution >= 0.6 is 0 Å². The van der Waals surface area contributed by atoms with Gasteiger partial charge in [0.05, 0.1) is 56.7 Å². The first-order valence-electron chi connectivity index (χ1n) is 16.9. The largest absolute Gasteiger partial charge is 0.497 e. The molecular formula is C36H48F3N3O8S. The third-order valence-electron chi connectivity index (χ3n) is 8.89. The molecule has 0 unspecified atom stereocenters. The number of β-amino-alcohol motifs (C(OH)–C–C–N with tert-alkyl or cyclic N) is 1. The van der Waals surface area contributed by atoms with Crippen molar-refractivity contribution >= 4 is 22.0 Å². The lowest BCUT2D eigenvalue weighted by molar-refractivity contribution is -0.130. The van der Waals surface area contributed by atoms with Crippen LogP contribution in [-0.4, -0.2) is 104 Å². The number of hydrogen-bond donors (Lipinski definition) is 2. The molecule has 2 aromatic rings. The summed E-state index contributed by atoms with van der Waals surface area (Å²) in [5.74, 6) is -1.47. The molecule has 2 amide bonds. The van der Waals surface area contributed by atoms with Crippen molar-refractivity contribution in [2.75, 3.05) is 33.1 Å². The van der Waals surface area contributed by atoms with E-state index in [-0.39, 0.29) is 32.4 Å². The lowest BCUT2D eigenvalue weighted by atomic mass is 9.98. The monoisotopic (exact) mass is 739 g/mol. The van der Waals surface area contributed by atoms with E-state index in [0.717, 1.165) is 23.7 Å². The van der Waals surface area contributed by atoms with Crippen molar-refractivity contribution in [3.8, 4) is 5.75 Å². The summed E-state index contributed by atoms with van der Waals surface area (Å²) >= 11 is 0. The highest BCUT2D eigenvalue weighted by atomic mass is 32.2. The van der Waals surface area contributed by atoms with Crippen LogP contribution in [0.5, 0.6) is 5.75 Å². The molecule has 0 spiro atoms. The van der Waals surface area contributed by atoms with Gasteiger partial charge in [-0.1, -0.05) is 48.6 Å². The summed E-state index contributed by atoms with van der Waals surface area (Å²) in [6.45, 7) is 4.93. The van der Waals surface area contributed by atoms with Crippen molar-refractivity contribution in [1.82, 2.24) is 14.5 Å². The van der Waals surface area contributed by atoms with Crippen molar-refractivity contribution in [1.29, 1.82) is 0 Å². The van der Waals surface area contributed by atoms with Crippen molar-refractivity contribution in [2.45, 2.75) is 95.0 Å². The molecule has 5 atom stereocenters. The Balaban J connectivity index is 1.77. The van der Waals surface area contributed by atoms with E-state index in [1.165, 1.54) is 12.0 Å². The summed E-state index contributed by atoms with van der Waals surface area (Å²) in [4.78, 5) is 29.4. The van der Waals surface area contributed by atoms with Crippen LogP contribution in [0.3, 0.4) is 0 Å². The summed E-state index contributed by atoms with van der Waals surface area (Å²) in [5, 5.41) is 14.8. The summed E-state index contributed by atoms with van der Waals surface area (Å²) < 4.78 is 83.5. The van der Waals surface area contributed by atoms with E-state index in [0.29, 0.717) is 16.5 Å². The van der Waals surface area contributed by atoms with Gasteiger partial charge in [-0.25, -0.2) is 13.2 Å². The maximum atomic E-state index is 14.0. The Bertz CT molecular complexity index is 1630. The summed E-state index contributed by atoms with van der Waals surface area (Å²) in [6.07, 6.45) is -4.91. The van der Waals surface area contributed by atoms with Gasteiger partial charge in [-0.3, -0.25) is 9.69 Å². The number of aliphatic hydroxyl groups is 1. The van der Waals surface area contributed by atoms with Gasteiger partial charge in [0.2, 0.25) is 15.9 Å². The quantitative estimate of drug-likeness (QED) is 0.382. The number of benzene rings is 2. The number of sulfonamides is 1. The molecule has 0 aromatic heterocycles. The molecule has 51 heavy (non-hydrogen) atoms. The maximum Gasteiger partial charge on any atom is 0.410 e. The Morgan fingerprint density at radius 1 is 1.12 bits per heavy atom. The second-order valence-electron chi connectivity index (χ2n) is 13.9. The Morgan fingerprint density at radius 2 is 1.82 bits per heavy atom. The number of nitrogens with one attached hydrogen (secondary N) is 1. The zero-order chi connectivity index (χ0) is 37.6. The average molecular weight is 740 g/mol. The molecule has 0 radical (unpaired) electrons. The molecule has 0 saturated carbocycles. The average Bonchev–Trinajstić information content (AvgIpc) is 3.41. The predicted molar refractivity (Wildman–Crippen MR) is 185 cm³/mol. The van der Waals surface area contributed by atoms with Crippen LogP contribution in [0.15, 0.2) is 60.7 Å². The van der Waals surface area contributed by atoms with Crippen molar-refractivity contribution in [2.24, 2.45) is 0 Å². The number of allylic oxidation sites excluding steroid dienone is 1. The van der Waals surface area contributed by atoms with Crippen molar-refractivity contribution < 1.29 is 50.5 Å². The van der Waals surface area contributed by atoms with E-state index in [1.807, 2.05) is 18.2 Å². The highest BCUT2D eigenvalue weighted by molar-refractivity contribution is 7.89. The van der Waals surface area contributed by atoms with Crippen LogP contribution in [0, 0.1) is 0 Å². The van der Waals surface area contributed by atoms with Crippen LogP contribution < -0.4 is 10.1 Å². The Labute approximate surface area is 297 Å². The number of carbonyl (C=O) groups is 2. The molecule has 11 nitrogen and oxygen atoms in total. The molecular weight excluding hydrogens is 691 g/mol. The first-order valence-corrected chi connectivity index (χ1v) is 18.5. The second-order valence-corrected chi connectivity index (χ2v) is 16.0. The first-order chi connectivity index (χ1) is 23.9. The van der Waals surface area contributed by atoms with E-state index in [2.05, 4.69) is 5.32 Å². The molecule has 2 aromatic carbocycles. The summed E-state index contributed by atoms with van der Waals surface area (Å²) in [7, 11) is -1.91. The Hall–Kier alpha value is -3.66. The molecule has 2 aliphatic rings. The standard InChI is InChI=1S/C36H48F3N3O8S/c1-35(2,3)50-34(45)42-23-30(43)28(20-24-12-8-6-9-13-24)40-33(44)29(41(4)51(46,47)19-17-36(37,38)39)14-10-7-11-18-49-31-21-25-15-16-26(48-5)22-27(25)32(31)42/h6-9,11-13,15-16,22,28-32,43H,10,14,17-21,23H2,1-5H3,(H,40,44)/b11-7-/t28-,29-,30+,31+,32+/m0/s1. The SMILES string of the molecule is COc1ccc2c(c1)[C@@H]1[C@@H](C2)OC/C=C\CC[C@H](N(C)S(=O)(=O)CCC(F)(F)F)C(=O)N[C@@H](Cc2ccccc2)[C@H](O)CN1C(=O)OC(C)(C)C. The van der Waals surface area contributed by atoms with Gasteiger partial charge in [0, 0.05) is 13.5 Å². The molecule has 1 aliphatic carbocycles. The molecule has 282 valence electrons. The van der Waals surface area contributed by atoms with Gasteiger partial charge in [-0.05, 0) is 68.9 Å². The number of ether oxygens (including phenoxy) is 3. The number of rotatable bonds is 7. The third kappa shape index (κ3) is 11.2. The van der Waals surface area contributed by atoms with Crippen molar-refractivity contribution in [3.63, 3.8) is 0 Å². The highest BCUT2D eigenvalue weighted by Gasteiger charge is 2.43. The molecule has 0 saturated heterocycles. The number of carbonyl (C=O) groups excluding carboxylic acids is 2. The number of amides is 2. The Kier molecular flexibility index (Phi) is 13.2. The van der Waals surface area contributed by atoms with Crippen LogP contribution in [0.4, 0.5) is 18.0 Å². The van der Waals surface area contributed by atoms with Crippen molar-refractivity contribution in [3.05, 3.63) is 77.4 Å². The minimum absolute atomic E-state index is 0.0560. The lowest BCUT2D eigenvalue weighted by Gasteiger charge is -2.38. The summed E-state index contributed by atoms with van der Waals surface area (Å²) in [6, 6.07) is 11.3. The van der Waals surface area contributed by atoms with Crippen LogP contribution in [-0.2, 0) is 37.1 Å². The molecule has 15 heteroatoms. The molecule has 4 rings (SSSR count). The van der Waals surface area contributed by atoms with E-state index in [1.54, 1.807) is 63.3 Å². The highest BCUT2D eigenvalue weighted by Crippen LogP contribution is 2.41. The number of aliphatic hydroxyl groups excluding tert-OH is 1. The van der Waals surface area contributed by atoms with Gasteiger partial charge >= 0.3 is 12.3 Å². The number of likely N-dealkylation sites (N-methyl/N-ethyl adjacent to an activating group) is 1. The van der Waals surface area contributed by atoms with Gasteiger partial charge in [0.1, 0.15) is 17.4 Å². The number of methoxy groups -OCH3 is 1. The smallest absolute Gasteiger partial charge is 0.410 e. The molecule has 0 bridgehead atoms. The zero-order valence-electron chi connectivity index (χ0n) is 29.6. The molecule has 2 N–H and O–H groups in total. The predicted octanol–water partition coefficient (Wildman–Crippen LogP) is 4.94. The van der Waals surface area contributed by atoms with E-state index < -0.39 is 76.3 Å². The number of fused-ring (bicyclic) bond motifs is 3. The van der Waals surface area contributed by atoms with Gasteiger partial charge in [-0.15, -0.1) is 0 Å². The van der Waals surface area contributed by atoms with E-state index in [4.69, 9.17) is 14.2 Å². The first kappa shape index (κ1) is 40.1. The van der Waals surface area contributed by atoms with Crippen LogP contribution in [0.1, 0.15) is 62.8 Å². The molecule has 1 heterocycles. The van der Waals surface area contributed by atoms with Crippen LogP contribution in [0.2, 0.25) is 0 Å². The minimum atomic E-state index is -4.71. The molecule has 0 fully saturated rings. The lowest BCUT2D eigenvalue weighted by Crippen LogP contribution is -2.56. The second kappa shape index (κ2) is 16.8. The third-order valence-corrected chi connectivity index (χ3v) is 10.7. The Morgan fingerprint density at radius 3 is 2.47 bits per heavy atom. The van der Waals surface area contributed by atoms with Gasteiger partial charge < -0.3 is 24.6 Å². The van der Waals surface area contributed by atoms with Gasteiger partial charge in [0.15, 0.2) is 0 Å². The van der Waals surface area contributed by atoms with Gasteiger partial charge in [0.25, 0.3) is 0 Å². The number of halogens is 3. The zero-order valence-corrected chi connectivity index (χ0v) is 30.4. The minimum Gasteiger partial charge on any atom is -0.497 e. The summed E-state index contributed by atoms with van der Waals surface area (Å²) in [5.41, 5.74) is 1.50. The molecule has 1 aliphatic heterocycles. The van der Waals surface area contributed by atoms with Gasteiger partial charge in [-0.2, -0.15) is 17.5 Å².